The molecule has 0 unspecified atom stereocenters. The molecule has 94 valence electrons. The van der Waals surface area contributed by atoms with E-state index in [4.69, 9.17) is 10.5 Å². The number of benzene rings is 1. The molecule has 4 nitrogen and oxygen atoms in total. The van der Waals surface area contributed by atoms with Crippen molar-refractivity contribution in [1.82, 2.24) is 0 Å². The highest BCUT2D eigenvalue weighted by Crippen LogP contribution is 2.18. The second kappa shape index (κ2) is 6.25. The van der Waals surface area contributed by atoms with Crippen LogP contribution in [0.4, 0.5) is 11.4 Å². The third-order valence-electron chi connectivity index (χ3n) is 2.31. The summed E-state index contributed by atoms with van der Waals surface area (Å²) < 4.78 is 5.41. The van der Waals surface area contributed by atoms with Gasteiger partial charge in [-0.25, -0.2) is 0 Å². The van der Waals surface area contributed by atoms with Crippen molar-refractivity contribution in [1.29, 1.82) is 0 Å². The molecule has 0 saturated heterocycles. The molecular weight excluding hydrogens is 216 g/mol. The standard InChI is InChI=1S/C13H20N2O2/c1-9(2)17-7-6-15-11-4-5-13(14)12(8-11)10(3)16/h4-5,8-9,15H,6-7,14H2,1-3H3. The highest BCUT2D eigenvalue weighted by molar-refractivity contribution is 5.99. The zero-order valence-electron chi connectivity index (χ0n) is 10.6. The Labute approximate surface area is 102 Å². The number of nitrogens with one attached hydrogen (secondary N) is 1. The van der Waals surface area contributed by atoms with Gasteiger partial charge in [-0.2, -0.15) is 0 Å². The van der Waals surface area contributed by atoms with Gasteiger partial charge in [0.2, 0.25) is 0 Å². The normalized spacial score (nSPS) is 10.6. The van der Waals surface area contributed by atoms with Crippen LogP contribution in [-0.4, -0.2) is 25.0 Å². The molecule has 0 atom stereocenters. The number of ether oxygens (including phenoxy) is 1. The Hall–Kier alpha value is -1.55. The second-order valence-electron chi connectivity index (χ2n) is 4.20. The summed E-state index contributed by atoms with van der Waals surface area (Å²) in [5, 5.41) is 3.19. The van der Waals surface area contributed by atoms with Gasteiger partial charge in [-0.05, 0) is 39.0 Å². The SMILES string of the molecule is CC(=O)c1cc(NCCOC(C)C)ccc1N. The number of nitrogens with two attached hydrogens (primary N) is 1. The van der Waals surface area contributed by atoms with Crippen molar-refractivity contribution in [3.05, 3.63) is 23.8 Å². The van der Waals surface area contributed by atoms with Crippen molar-refractivity contribution in [2.24, 2.45) is 0 Å². The quantitative estimate of drug-likeness (QED) is 0.452. The Balaban J connectivity index is 2.54. The van der Waals surface area contributed by atoms with Gasteiger partial charge in [-0.1, -0.05) is 0 Å². The van der Waals surface area contributed by atoms with E-state index in [-0.39, 0.29) is 11.9 Å². The van der Waals surface area contributed by atoms with Crippen LogP contribution in [0.25, 0.3) is 0 Å². The van der Waals surface area contributed by atoms with Crippen molar-refractivity contribution in [2.45, 2.75) is 26.9 Å². The smallest absolute Gasteiger partial charge is 0.161 e. The first kappa shape index (κ1) is 13.5. The zero-order chi connectivity index (χ0) is 12.8. The molecule has 0 fully saturated rings. The fourth-order valence-corrected chi connectivity index (χ4v) is 1.46. The molecule has 0 aliphatic rings. The monoisotopic (exact) mass is 236 g/mol. The van der Waals surface area contributed by atoms with Gasteiger partial charge >= 0.3 is 0 Å². The van der Waals surface area contributed by atoms with Gasteiger partial charge in [-0.15, -0.1) is 0 Å². The lowest BCUT2D eigenvalue weighted by atomic mass is 10.1. The molecule has 1 aromatic rings. The van der Waals surface area contributed by atoms with E-state index in [1.54, 1.807) is 12.1 Å². The first-order valence-corrected chi connectivity index (χ1v) is 5.76. The topological polar surface area (TPSA) is 64.3 Å². The Morgan fingerprint density at radius 3 is 2.76 bits per heavy atom. The summed E-state index contributed by atoms with van der Waals surface area (Å²) in [7, 11) is 0. The maximum Gasteiger partial charge on any atom is 0.161 e. The lowest BCUT2D eigenvalue weighted by molar-refractivity contribution is 0.0870. The molecule has 0 aromatic heterocycles. The lowest BCUT2D eigenvalue weighted by Gasteiger charge is -2.11. The summed E-state index contributed by atoms with van der Waals surface area (Å²) in [5.74, 6) is -0.0235. The molecule has 0 radical (unpaired) electrons. The first-order chi connectivity index (χ1) is 8.00. The molecular formula is C13H20N2O2. The van der Waals surface area contributed by atoms with Crippen molar-refractivity contribution in [2.75, 3.05) is 24.2 Å². The van der Waals surface area contributed by atoms with Crippen molar-refractivity contribution >= 4 is 17.2 Å². The van der Waals surface area contributed by atoms with E-state index in [0.29, 0.717) is 24.4 Å². The zero-order valence-corrected chi connectivity index (χ0v) is 10.6. The molecule has 0 heterocycles. The predicted octanol–water partition coefficient (Wildman–Crippen LogP) is 2.31. The number of hydrogen-bond donors (Lipinski definition) is 2. The highest BCUT2D eigenvalue weighted by Gasteiger charge is 2.05. The van der Waals surface area contributed by atoms with E-state index in [0.717, 1.165) is 5.69 Å². The third kappa shape index (κ3) is 4.44. The van der Waals surface area contributed by atoms with E-state index in [9.17, 15) is 4.79 Å². The van der Waals surface area contributed by atoms with Crippen LogP contribution in [0, 0.1) is 0 Å². The van der Waals surface area contributed by atoms with Crippen molar-refractivity contribution < 1.29 is 9.53 Å². The summed E-state index contributed by atoms with van der Waals surface area (Å²) in [6.07, 6.45) is 0.232. The largest absolute Gasteiger partial charge is 0.398 e. The number of carbonyl (C=O) groups excluding carboxylic acids is 1. The Bertz CT molecular complexity index is 389. The van der Waals surface area contributed by atoms with Crippen LogP contribution in [0.3, 0.4) is 0 Å². The summed E-state index contributed by atoms with van der Waals surface area (Å²) in [4.78, 5) is 11.3. The summed E-state index contributed by atoms with van der Waals surface area (Å²) >= 11 is 0. The highest BCUT2D eigenvalue weighted by atomic mass is 16.5. The molecule has 1 rings (SSSR count). The second-order valence-corrected chi connectivity index (χ2v) is 4.20. The number of carbonyl (C=O) groups is 1. The number of rotatable bonds is 6. The maximum absolute atomic E-state index is 11.3. The average Bonchev–Trinajstić information content (AvgIpc) is 2.25. The predicted molar refractivity (Wildman–Crippen MR) is 70.4 cm³/mol. The van der Waals surface area contributed by atoms with Crippen molar-refractivity contribution in [3.8, 4) is 0 Å². The van der Waals surface area contributed by atoms with E-state index in [2.05, 4.69) is 5.32 Å². The van der Waals surface area contributed by atoms with Crippen LogP contribution in [-0.2, 0) is 4.74 Å². The fourth-order valence-electron chi connectivity index (χ4n) is 1.46. The number of hydrogen-bond acceptors (Lipinski definition) is 4. The fraction of sp³-hybridized carbons (Fsp3) is 0.462. The number of anilines is 2. The third-order valence-corrected chi connectivity index (χ3v) is 2.31. The van der Waals surface area contributed by atoms with Crippen LogP contribution in [0.1, 0.15) is 31.1 Å². The Morgan fingerprint density at radius 1 is 1.47 bits per heavy atom. The summed E-state index contributed by atoms with van der Waals surface area (Å²) in [6.45, 7) is 6.85. The van der Waals surface area contributed by atoms with E-state index < -0.39 is 0 Å². The van der Waals surface area contributed by atoms with Gasteiger partial charge in [0.05, 0.1) is 12.7 Å². The van der Waals surface area contributed by atoms with Crippen LogP contribution in [0.2, 0.25) is 0 Å². The molecule has 0 spiro atoms. The van der Waals surface area contributed by atoms with E-state index in [1.165, 1.54) is 6.92 Å². The minimum Gasteiger partial charge on any atom is -0.398 e. The molecule has 1 aromatic carbocycles. The number of nitrogen functional groups attached to an aromatic ring is 1. The average molecular weight is 236 g/mol. The first-order valence-electron chi connectivity index (χ1n) is 5.76. The van der Waals surface area contributed by atoms with Gasteiger partial charge in [0.25, 0.3) is 0 Å². The molecule has 0 aliphatic heterocycles. The molecule has 0 amide bonds. The summed E-state index contributed by atoms with van der Waals surface area (Å²) in [5.41, 5.74) is 7.67. The summed E-state index contributed by atoms with van der Waals surface area (Å²) in [6, 6.07) is 5.37. The van der Waals surface area contributed by atoms with Crippen LogP contribution >= 0.6 is 0 Å². The molecule has 0 bridgehead atoms. The van der Waals surface area contributed by atoms with E-state index >= 15 is 0 Å². The Morgan fingerprint density at radius 2 is 2.18 bits per heavy atom. The van der Waals surface area contributed by atoms with Gasteiger partial charge in [-0.3, -0.25) is 4.79 Å². The molecule has 3 N–H and O–H groups in total. The van der Waals surface area contributed by atoms with Gasteiger partial charge in [0.15, 0.2) is 5.78 Å². The van der Waals surface area contributed by atoms with Gasteiger partial charge in [0.1, 0.15) is 0 Å². The molecule has 0 aliphatic carbocycles. The van der Waals surface area contributed by atoms with Gasteiger partial charge in [0, 0.05) is 23.5 Å². The molecule has 0 saturated carbocycles. The maximum atomic E-state index is 11.3. The van der Waals surface area contributed by atoms with Crippen LogP contribution in [0.15, 0.2) is 18.2 Å². The van der Waals surface area contributed by atoms with Gasteiger partial charge < -0.3 is 15.8 Å². The number of ketones is 1. The van der Waals surface area contributed by atoms with E-state index in [1.807, 2.05) is 19.9 Å². The Kier molecular flexibility index (Phi) is 4.97. The van der Waals surface area contributed by atoms with Crippen molar-refractivity contribution in [3.63, 3.8) is 0 Å². The minimum atomic E-state index is -0.0235. The lowest BCUT2D eigenvalue weighted by Crippen LogP contribution is -2.13. The molecule has 17 heavy (non-hydrogen) atoms. The number of Topliss-reactive ketones (excluding diaryl/α,β-unsaturated/α-hetero) is 1. The molecule has 4 heteroatoms. The minimum absolute atomic E-state index is 0.0235. The van der Waals surface area contributed by atoms with Crippen LogP contribution < -0.4 is 11.1 Å². The van der Waals surface area contributed by atoms with Crippen LogP contribution in [0.5, 0.6) is 0 Å².